The predicted octanol–water partition coefficient (Wildman–Crippen LogP) is 2.04. The molecule has 0 amide bonds. The molecule has 0 aliphatic heterocycles. The van der Waals surface area contributed by atoms with Crippen molar-refractivity contribution in [1.29, 1.82) is 0 Å². The molecule has 0 saturated carbocycles. The highest BCUT2D eigenvalue weighted by Crippen LogP contribution is 2.26. The van der Waals surface area contributed by atoms with Crippen molar-refractivity contribution in [2.75, 3.05) is 25.6 Å². The molecule has 0 saturated heterocycles. The molecular formula is C10H13ClFN3O. The van der Waals surface area contributed by atoms with Crippen molar-refractivity contribution < 1.29 is 9.13 Å². The van der Waals surface area contributed by atoms with Gasteiger partial charge in [0.2, 0.25) is 0 Å². The van der Waals surface area contributed by atoms with Gasteiger partial charge in [-0.05, 0) is 18.2 Å². The van der Waals surface area contributed by atoms with Crippen LogP contribution in [0.2, 0.25) is 5.02 Å². The Morgan fingerprint density at radius 1 is 1.62 bits per heavy atom. The summed E-state index contributed by atoms with van der Waals surface area (Å²) in [4.78, 5) is 3.74. The smallest absolute Gasteiger partial charge is 0.193 e. The summed E-state index contributed by atoms with van der Waals surface area (Å²) in [7, 11) is 1.53. The van der Waals surface area contributed by atoms with Gasteiger partial charge in [0.05, 0.1) is 18.7 Å². The van der Waals surface area contributed by atoms with Crippen LogP contribution in [-0.2, 0) is 0 Å². The second kappa shape index (κ2) is 6.17. The number of guanidine groups is 1. The Kier molecular flexibility index (Phi) is 4.85. The lowest BCUT2D eigenvalue weighted by atomic mass is 10.3. The summed E-state index contributed by atoms with van der Waals surface area (Å²) in [5.41, 5.74) is 6.18. The van der Waals surface area contributed by atoms with Crippen molar-refractivity contribution in [3.05, 3.63) is 23.2 Å². The van der Waals surface area contributed by atoms with Gasteiger partial charge in [0.15, 0.2) is 5.96 Å². The maximum atomic E-state index is 11.8. The molecule has 4 nitrogen and oxygen atoms in total. The number of benzene rings is 1. The normalized spacial score (nSPS) is 11.3. The monoisotopic (exact) mass is 245 g/mol. The molecule has 1 aromatic carbocycles. The van der Waals surface area contributed by atoms with Crippen LogP contribution < -0.4 is 15.8 Å². The van der Waals surface area contributed by atoms with E-state index in [9.17, 15) is 4.39 Å². The van der Waals surface area contributed by atoms with E-state index in [1.807, 2.05) is 0 Å². The molecule has 0 heterocycles. The van der Waals surface area contributed by atoms with E-state index in [2.05, 4.69) is 10.3 Å². The highest BCUT2D eigenvalue weighted by molar-refractivity contribution is 6.32. The molecule has 16 heavy (non-hydrogen) atoms. The first-order chi connectivity index (χ1) is 7.67. The van der Waals surface area contributed by atoms with Gasteiger partial charge in [-0.1, -0.05) is 11.6 Å². The zero-order chi connectivity index (χ0) is 12.0. The van der Waals surface area contributed by atoms with E-state index < -0.39 is 6.67 Å². The van der Waals surface area contributed by atoms with Crippen LogP contribution in [0.25, 0.3) is 0 Å². The Labute approximate surface area is 98.3 Å². The number of halogens is 2. The maximum Gasteiger partial charge on any atom is 0.193 e. The Bertz CT molecular complexity index is 384. The number of hydrogen-bond acceptors (Lipinski definition) is 2. The molecule has 1 aromatic rings. The van der Waals surface area contributed by atoms with Gasteiger partial charge in [0, 0.05) is 5.69 Å². The predicted molar refractivity (Wildman–Crippen MR) is 64.1 cm³/mol. The van der Waals surface area contributed by atoms with Crippen molar-refractivity contribution in [3.63, 3.8) is 0 Å². The van der Waals surface area contributed by atoms with E-state index in [1.54, 1.807) is 18.2 Å². The van der Waals surface area contributed by atoms with Crippen LogP contribution in [0.3, 0.4) is 0 Å². The fourth-order valence-electron chi connectivity index (χ4n) is 1.09. The molecule has 0 atom stereocenters. The summed E-state index contributed by atoms with van der Waals surface area (Å²) in [6, 6.07) is 5.09. The molecular weight excluding hydrogens is 233 g/mol. The number of hydrogen-bond donors (Lipinski definition) is 2. The lowest BCUT2D eigenvalue weighted by Crippen LogP contribution is -2.23. The summed E-state index contributed by atoms with van der Waals surface area (Å²) >= 11 is 5.91. The number of nitrogens with zero attached hydrogens (tertiary/aromatic N) is 1. The molecule has 3 N–H and O–H groups in total. The van der Waals surface area contributed by atoms with Crippen molar-refractivity contribution in [2.45, 2.75) is 0 Å². The summed E-state index contributed by atoms with van der Waals surface area (Å²) in [6.45, 7) is -0.492. The number of ether oxygens (including phenoxy) is 1. The summed E-state index contributed by atoms with van der Waals surface area (Å²) in [5.74, 6) is 0.727. The second-order valence-corrected chi connectivity index (χ2v) is 3.34. The molecule has 88 valence electrons. The van der Waals surface area contributed by atoms with E-state index in [0.717, 1.165) is 0 Å². The maximum absolute atomic E-state index is 11.8. The molecule has 0 radical (unpaired) electrons. The van der Waals surface area contributed by atoms with Gasteiger partial charge in [-0.15, -0.1) is 0 Å². The van der Waals surface area contributed by atoms with Gasteiger partial charge in [0.1, 0.15) is 12.4 Å². The number of nitrogens with one attached hydrogen (secondary N) is 1. The number of aliphatic imine (C=N–C) groups is 1. The number of rotatable bonds is 4. The number of methoxy groups -OCH3 is 1. The van der Waals surface area contributed by atoms with Crippen molar-refractivity contribution >= 4 is 23.2 Å². The number of alkyl halides is 1. The Hall–Kier alpha value is -1.49. The summed E-state index contributed by atoms with van der Waals surface area (Å²) in [6.07, 6.45) is 0. The van der Waals surface area contributed by atoms with E-state index in [4.69, 9.17) is 22.1 Å². The van der Waals surface area contributed by atoms with Crippen molar-refractivity contribution in [2.24, 2.45) is 10.7 Å². The standard InChI is InChI=1S/C10H13ClFN3O/c1-16-9-3-2-7(6-8(9)11)15-10(13)14-5-4-12/h2-3,6H,4-5H2,1H3,(H3,13,14,15). The SMILES string of the molecule is COc1ccc(NC(N)=NCCF)cc1Cl. The second-order valence-electron chi connectivity index (χ2n) is 2.93. The van der Waals surface area contributed by atoms with Crippen LogP contribution in [0.4, 0.5) is 10.1 Å². The van der Waals surface area contributed by atoms with Crippen LogP contribution >= 0.6 is 11.6 Å². The minimum absolute atomic E-state index is 0.0444. The first-order valence-electron chi connectivity index (χ1n) is 4.64. The third kappa shape index (κ3) is 3.58. The Balaban J connectivity index is 2.71. The van der Waals surface area contributed by atoms with Gasteiger partial charge < -0.3 is 15.8 Å². The summed E-state index contributed by atoms with van der Waals surface area (Å²) < 4.78 is 16.8. The molecule has 0 aromatic heterocycles. The average Bonchev–Trinajstić information content (AvgIpc) is 2.26. The summed E-state index contributed by atoms with van der Waals surface area (Å²) in [5, 5.41) is 3.25. The Morgan fingerprint density at radius 3 is 2.94 bits per heavy atom. The van der Waals surface area contributed by atoms with Gasteiger partial charge in [-0.2, -0.15) is 0 Å². The zero-order valence-corrected chi connectivity index (χ0v) is 9.59. The average molecular weight is 246 g/mol. The molecule has 1 rings (SSSR count). The molecule has 0 spiro atoms. The number of nitrogens with two attached hydrogens (primary N) is 1. The minimum atomic E-state index is -0.536. The number of anilines is 1. The first kappa shape index (κ1) is 12.6. The largest absolute Gasteiger partial charge is 0.495 e. The lowest BCUT2D eigenvalue weighted by Gasteiger charge is -2.08. The van der Waals surface area contributed by atoms with Gasteiger partial charge in [0.25, 0.3) is 0 Å². The van der Waals surface area contributed by atoms with E-state index in [0.29, 0.717) is 16.5 Å². The molecule has 6 heteroatoms. The topological polar surface area (TPSA) is 59.6 Å². The molecule has 0 fully saturated rings. The van der Waals surface area contributed by atoms with E-state index in [-0.39, 0.29) is 12.5 Å². The van der Waals surface area contributed by atoms with Gasteiger partial charge >= 0.3 is 0 Å². The molecule has 0 unspecified atom stereocenters. The zero-order valence-electron chi connectivity index (χ0n) is 8.84. The van der Waals surface area contributed by atoms with Gasteiger partial charge in [-0.25, -0.2) is 4.39 Å². The van der Waals surface area contributed by atoms with Crippen LogP contribution in [0.15, 0.2) is 23.2 Å². The van der Waals surface area contributed by atoms with Gasteiger partial charge in [-0.3, -0.25) is 4.99 Å². The quantitative estimate of drug-likeness (QED) is 0.631. The van der Waals surface area contributed by atoms with Crippen LogP contribution in [0.5, 0.6) is 5.75 Å². The highest BCUT2D eigenvalue weighted by atomic mass is 35.5. The Morgan fingerprint density at radius 2 is 2.38 bits per heavy atom. The highest BCUT2D eigenvalue weighted by Gasteiger charge is 2.02. The molecule has 0 aliphatic rings. The van der Waals surface area contributed by atoms with Crippen molar-refractivity contribution in [3.8, 4) is 5.75 Å². The van der Waals surface area contributed by atoms with Crippen LogP contribution in [0.1, 0.15) is 0 Å². The first-order valence-corrected chi connectivity index (χ1v) is 5.01. The van der Waals surface area contributed by atoms with Crippen LogP contribution in [0, 0.1) is 0 Å². The third-order valence-corrected chi connectivity index (χ3v) is 2.09. The van der Waals surface area contributed by atoms with E-state index in [1.165, 1.54) is 7.11 Å². The fourth-order valence-corrected chi connectivity index (χ4v) is 1.35. The molecule has 0 aliphatic carbocycles. The van der Waals surface area contributed by atoms with Crippen molar-refractivity contribution in [1.82, 2.24) is 0 Å². The van der Waals surface area contributed by atoms with E-state index >= 15 is 0 Å². The molecule has 0 bridgehead atoms. The lowest BCUT2D eigenvalue weighted by molar-refractivity contribution is 0.415. The van der Waals surface area contributed by atoms with Crippen LogP contribution in [-0.4, -0.2) is 26.3 Å². The third-order valence-electron chi connectivity index (χ3n) is 1.79. The fraction of sp³-hybridized carbons (Fsp3) is 0.300. The minimum Gasteiger partial charge on any atom is -0.495 e.